The summed E-state index contributed by atoms with van der Waals surface area (Å²) in [6.45, 7) is 1.04. The minimum atomic E-state index is -5.35. The molecule has 0 spiro atoms. The molecule has 0 bridgehead atoms. The maximum atomic E-state index is 13.3. The smallest absolute Gasteiger partial charge is 0.335 e. The summed E-state index contributed by atoms with van der Waals surface area (Å²) in [6.07, 6.45) is -10.3. The number of halogens is 2. The fourth-order valence-corrected chi connectivity index (χ4v) is 3.13. The largest absolute Gasteiger partial charge is 0.463 e. The second-order valence-electron chi connectivity index (χ2n) is 4.23. The number of allylic oxidation sites excluding steroid dienone is 1. The van der Waals surface area contributed by atoms with E-state index >= 15 is 0 Å². The van der Waals surface area contributed by atoms with Gasteiger partial charge in [-0.25, -0.2) is 17.6 Å². The molecular formula is C15H17ClFNO4S. The van der Waals surface area contributed by atoms with Gasteiger partial charge in [0.2, 0.25) is 10.0 Å². The number of carbonyl (C=O) groups is 1. The zero-order valence-corrected chi connectivity index (χ0v) is 13.4. The SMILES string of the molecule is [2H]C1([2H])C=C(C(=O)OCC)C([2H])(S(=O)(=O)Nc2ccc(F)cc2Cl)C([2H])([2H])C1([2H])[2H]. The number of rotatable bonds is 5. The summed E-state index contributed by atoms with van der Waals surface area (Å²) >= 11 is 5.78. The van der Waals surface area contributed by atoms with Gasteiger partial charge in [0.1, 0.15) is 11.0 Å². The van der Waals surface area contributed by atoms with Gasteiger partial charge in [-0.3, -0.25) is 4.72 Å². The maximum absolute atomic E-state index is 13.3. The van der Waals surface area contributed by atoms with Crippen LogP contribution in [0.3, 0.4) is 0 Å². The second-order valence-corrected chi connectivity index (χ2v) is 6.26. The third-order valence-corrected chi connectivity index (χ3v) is 4.31. The van der Waals surface area contributed by atoms with Crippen LogP contribution in [0, 0.1) is 5.82 Å². The molecule has 5 nitrogen and oxygen atoms in total. The van der Waals surface area contributed by atoms with Crippen molar-refractivity contribution in [3.63, 3.8) is 0 Å². The molecule has 1 aliphatic carbocycles. The zero-order chi connectivity index (χ0) is 23.3. The molecule has 0 fully saturated rings. The first kappa shape index (κ1) is 10.3. The topological polar surface area (TPSA) is 72.5 Å². The molecule has 126 valence electrons. The number of nitrogens with one attached hydrogen (secondary N) is 1. The Bertz CT molecular complexity index is 1020. The number of anilines is 1. The van der Waals surface area contributed by atoms with Gasteiger partial charge in [-0.05, 0) is 44.2 Å². The van der Waals surface area contributed by atoms with Crippen LogP contribution in [0.1, 0.15) is 35.6 Å². The average Bonchev–Trinajstić information content (AvgIpc) is 2.60. The minimum absolute atomic E-state index is 0.241. The van der Waals surface area contributed by atoms with E-state index in [1.165, 1.54) is 6.92 Å². The van der Waals surface area contributed by atoms with Crippen molar-refractivity contribution in [2.45, 2.75) is 31.3 Å². The zero-order valence-electron chi connectivity index (χ0n) is 18.8. The lowest BCUT2D eigenvalue weighted by molar-refractivity contribution is -0.138. The lowest BCUT2D eigenvalue weighted by Gasteiger charge is -2.24. The number of esters is 1. The van der Waals surface area contributed by atoms with Crippen LogP contribution in [0.25, 0.3) is 0 Å². The second kappa shape index (κ2) is 7.31. The molecule has 1 aromatic carbocycles. The fraction of sp³-hybridized carbons (Fsp3) is 0.400. The van der Waals surface area contributed by atoms with Gasteiger partial charge in [-0.1, -0.05) is 17.7 Å². The van der Waals surface area contributed by atoms with Crippen molar-refractivity contribution in [3.8, 4) is 0 Å². The molecular weight excluding hydrogens is 345 g/mol. The first-order valence-electron chi connectivity index (χ1n) is 9.84. The van der Waals surface area contributed by atoms with Crippen LogP contribution in [0.2, 0.25) is 5.02 Å². The Kier molecular flexibility index (Phi) is 3.28. The van der Waals surface area contributed by atoms with Gasteiger partial charge in [-0.15, -0.1) is 0 Å². The lowest BCUT2D eigenvalue weighted by atomic mass is 9.99. The van der Waals surface area contributed by atoms with E-state index in [4.69, 9.17) is 21.2 Å². The lowest BCUT2D eigenvalue weighted by Crippen LogP contribution is -2.34. The van der Waals surface area contributed by atoms with E-state index in [0.29, 0.717) is 0 Å². The van der Waals surface area contributed by atoms with Crippen molar-refractivity contribution >= 4 is 33.3 Å². The maximum Gasteiger partial charge on any atom is 0.335 e. The molecule has 1 aromatic rings. The van der Waals surface area contributed by atoms with Crippen LogP contribution in [0.15, 0.2) is 29.8 Å². The van der Waals surface area contributed by atoms with E-state index in [1.54, 1.807) is 4.72 Å². The van der Waals surface area contributed by atoms with E-state index in [9.17, 15) is 17.6 Å². The van der Waals surface area contributed by atoms with E-state index in [1.807, 2.05) is 0 Å². The molecule has 0 amide bonds. The molecule has 23 heavy (non-hydrogen) atoms. The fourth-order valence-electron chi connectivity index (χ4n) is 1.67. The molecule has 0 saturated heterocycles. The summed E-state index contributed by atoms with van der Waals surface area (Å²) in [5, 5.41) is -4.14. The Morgan fingerprint density at radius 2 is 2.35 bits per heavy atom. The molecule has 0 aromatic heterocycles. The molecule has 1 aliphatic rings. The van der Waals surface area contributed by atoms with Gasteiger partial charge in [0.05, 0.1) is 24.3 Å². The van der Waals surface area contributed by atoms with Crippen LogP contribution < -0.4 is 4.72 Å². The highest BCUT2D eigenvalue weighted by molar-refractivity contribution is 7.93. The van der Waals surface area contributed by atoms with Gasteiger partial charge in [0, 0.05) is 8.22 Å². The third kappa shape index (κ3) is 4.23. The number of sulfonamides is 1. The molecule has 1 N–H and O–H groups in total. The van der Waals surface area contributed by atoms with Crippen LogP contribution >= 0.6 is 11.6 Å². The van der Waals surface area contributed by atoms with E-state index in [-0.39, 0.29) is 12.7 Å². The van der Waals surface area contributed by atoms with Gasteiger partial charge >= 0.3 is 5.97 Å². The summed E-state index contributed by atoms with van der Waals surface area (Å²) in [5.41, 5.74) is -1.71. The highest BCUT2D eigenvalue weighted by Crippen LogP contribution is 2.30. The van der Waals surface area contributed by atoms with Gasteiger partial charge in [0.15, 0.2) is 0 Å². The summed E-state index contributed by atoms with van der Waals surface area (Å²) in [4.78, 5) is 12.4. The van der Waals surface area contributed by atoms with Crippen molar-refractivity contribution in [3.05, 3.63) is 40.7 Å². The molecule has 8 heteroatoms. The minimum Gasteiger partial charge on any atom is -0.463 e. The Morgan fingerprint density at radius 1 is 1.61 bits per heavy atom. The molecule has 0 saturated carbocycles. The average molecular weight is 369 g/mol. The Morgan fingerprint density at radius 3 is 3.00 bits per heavy atom. The normalized spacial score (nSPS) is 32.5. The molecule has 1 unspecified atom stereocenters. The van der Waals surface area contributed by atoms with Crippen LogP contribution in [-0.4, -0.2) is 26.2 Å². The van der Waals surface area contributed by atoms with Crippen LogP contribution in [-0.2, 0) is 19.6 Å². The predicted molar refractivity (Wildman–Crippen MR) is 86.3 cm³/mol. The third-order valence-electron chi connectivity index (χ3n) is 2.65. The van der Waals surface area contributed by atoms with E-state index in [0.717, 1.165) is 18.2 Å². The molecule has 0 radical (unpaired) electrons. The highest BCUT2D eigenvalue weighted by Gasteiger charge is 2.35. The highest BCUT2D eigenvalue weighted by atomic mass is 35.5. The van der Waals surface area contributed by atoms with Crippen molar-refractivity contribution in [2.75, 3.05) is 11.3 Å². The van der Waals surface area contributed by atoms with Gasteiger partial charge in [-0.2, -0.15) is 0 Å². The molecule has 1 atom stereocenters. The monoisotopic (exact) mass is 368 g/mol. The summed E-state index contributed by atoms with van der Waals surface area (Å²) in [6, 6.07) is 2.46. The van der Waals surface area contributed by atoms with Crippen LogP contribution in [0.5, 0.6) is 0 Å². The number of hydrogen-bond donors (Lipinski definition) is 1. The molecule has 0 aliphatic heterocycles. The van der Waals surface area contributed by atoms with Crippen molar-refractivity contribution in [2.24, 2.45) is 0 Å². The number of hydrogen-bond acceptors (Lipinski definition) is 4. The van der Waals surface area contributed by atoms with Gasteiger partial charge < -0.3 is 4.74 Å². The quantitative estimate of drug-likeness (QED) is 0.809. The Labute approximate surface area is 149 Å². The van der Waals surface area contributed by atoms with Crippen molar-refractivity contribution < 1.29 is 31.9 Å². The van der Waals surface area contributed by atoms with Crippen molar-refractivity contribution in [1.29, 1.82) is 0 Å². The Hall–Kier alpha value is -1.60. The van der Waals surface area contributed by atoms with E-state index < -0.39 is 62.4 Å². The molecule has 0 heterocycles. The summed E-state index contributed by atoms with van der Waals surface area (Å²) in [5.74, 6) is -2.32. The Balaban J connectivity index is 2.79. The van der Waals surface area contributed by atoms with E-state index in [2.05, 4.69) is 4.74 Å². The number of carbonyl (C=O) groups excluding carboxylic acids is 1. The summed E-state index contributed by atoms with van der Waals surface area (Å²) in [7, 11) is -5.35. The molecule has 2 rings (SSSR count). The van der Waals surface area contributed by atoms with Crippen LogP contribution in [0.4, 0.5) is 10.1 Å². The number of benzene rings is 1. The summed E-state index contributed by atoms with van der Waals surface area (Å²) < 4.78 is 102. The first-order chi connectivity index (χ1) is 13.5. The van der Waals surface area contributed by atoms with Crippen molar-refractivity contribution in [1.82, 2.24) is 0 Å². The number of ether oxygens (including phenoxy) is 1. The van der Waals surface area contributed by atoms with Gasteiger partial charge in [0.25, 0.3) is 0 Å². The first-order valence-corrected chi connectivity index (χ1v) is 8.20. The standard InChI is InChI=1S/C15H17ClFNO4S/c1-2-22-15(19)11-5-3-4-6-14(11)23(20,21)18-13-8-7-10(17)9-12(13)16/h5,7-9,14,18H,2-4,6H2,1H3/i3D2,4D2,6D2,14D. The predicted octanol–water partition coefficient (Wildman–Crippen LogP) is 3.26.